The molecule has 0 saturated heterocycles. The van der Waals surface area contributed by atoms with Gasteiger partial charge in [-0.2, -0.15) is 9.59 Å². The van der Waals surface area contributed by atoms with E-state index in [1.807, 2.05) is 98.0 Å². The van der Waals surface area contributed by atoms with Crippen LogP contribution >= 0.6 is 0 Å². The van der Waals surface area contributed by atoms with E-state index in [0.717, 1.165) is 16.7 Å². The summed E-state index contributed by atoms with van der Waals surface area (Å²) in [5.74, 6) is -0.427. The number of benzene rings is 3. The molecular formula is C29H38B2N2O6. The molecule has 206 valence electrons. The van der Waals surface area contributed by atoms with E-state index >= 15 is 0 Å². The molecule has 0 N–H and O–H groups in total. The molecule has 39 heavy (non-hydrogen) atoms. The Kier molecular flexibility index (Phi) is 10.9. The lowest BCUT2D eigenvalue weighted by molar-refractivity contribution is -0.750. The number of carbonyl (C=O) groups excluding carboxylic acids is 3. The monoisotopic (exact) mass is 532 g/mol. The number of carbonyl (C=O) groups is 3. The fourth-order valence-corrected chi connectivity index (χ4v) is 3.40. The average Bonchev–Trinajstić information content (AvgIpc) is 2.95. The van der Waals surface area contributed by atoms with Gasteiger partial charge in [0, 0.05) is 13.5 Å². The predicted octanol–water partition coefficient (Wildman–Crippen LogP) is 2.62. The highest BCUT2D eigenvalue weighted by atomic mass is 16.6. The molecule has 0 aliphatic rings. The molecule has 0 fully saturated rings. The van der Waals surface area contributed by atoms with Crippen molar-refractivity contribution in [3.05, 3.63) is 108 Å². The molecule has 2 atom stereocenters. The van der Waals surface area contributed by atoms with Gasteiger partial charge in [0.25, 0.3) is 0 Å². The van der Waals surface area contributed by atoms with Crippen LogP contribution in [0.3, 0.4) is 0 Å². The molecule has 8 nitrogen and oxygen atoms in total. The Morgan fingerprint density at radius 1 is 0.615 bits per heavy atom. The van der Waals surface area contributed by atoms with E-state index in [-0.39, 0.29) is 41.2 Å². The van der Waals surface area contributed by atoms with Gasteiger partial charge in [-0.15, -0.1) is 0 Å². The molecular weight excluding hydrogens is 494 g/mol. The van der Waals surface area contributed by atoms with E-state index in [1.165, 1.54) is 0 Å². The number of hydrogen-bond acceptors (Lipinski definition) is 6. The summed E-state index contributed by atoms with van der Waals surface area (Å²) >= 11 is 0. The minimum absolute atomic E-state index is 0.0283. The zero-order valence-corrected chi connectivity index (χ0v) is 21.0. The maximum atomic E-state index is 13.3. The number of rotatable bonds is 12. The Hall–Kier alpha value is -3.88. The second-order valence-electron chi connectivity index (χ2n) is 8.42. The first-order chi connectivity index (χ1) is 18.7. The number of ether oxygens (including phenoxy) is 3. The summed E-state index contributed by atoms with van der Waals surface area (Å²) in [5, 5.41) is 0. The van der Waals surface area contributed by atoms with Gasteiger partial charge in [-0.25, -0.2) is 4.79 Å². The molecule has 0 spiro atoms. The third-order valence-corrected chi connectivity index (χ3v) is 5.46. The minimum atomic E-state index is -0.721. The van der Waals surface area contributed by atoms with Crippen molar-refractivity contribution in [3.63, 3.8) is 0 Å². The van der Waals surface area contributed by atoms with Crippen molar-refractivity contribution in [1.29, 1.82) is 0 Å². The summed E-state index contributed by atoms with van der Waals surface area (Å²) in [6.07, 6.45) is -0.0513. The van der Waals surface area contributed by atoms with Crippen LogP contribution in [0.25, 0.3) is 0 Å². The standard InChI is InChI=1S/C29H38B2N2O6/c1-32(30,28(35)38-22-25-14-7-3-8-15-25)18-11-19-33(31,29(36)39-23-26-16-9-4-10-17-26)20-27(34)37-21-24-12-5-2-6-13-24/h2-10,12-17H,11,18-23H2,1,30-31H3. The van der Waals surface area contributed by atoms with Crippen molar-refractivity contribution in [2.75, 3.05) is 26.7 Å². The summed E-state index contributed by atoms with van der Waals surface area (Å²) in [5.41, 5.74) is 2.72. The molecule has 2 amide bonds. The Morgan fingerprint density at radius 3 is 1.49 bits per heavy atom. The number of esters is 1. The van der Waals surface area contributed by atoms with Crippen LogP contribution in [0.1, 0.15) is 23.1 Å². The highest BCUT2D eigenvalue weighted by molar-refractivity contribution is 6.04. The maximum Gasteiger partial charge on any atom is 0.469 e. The van der Waals surface area contributed by atoms with E-state index < -0.39 is 28.0 Å². The second kappa shape index (κ2) is 14.3. The molecule has 0 aromatic heterocycles. The van der Waals surface area contributed by atoms with Crippen molar-refractivity contribution in [2.45, 2.75) is 26.2 Å². The van der Waals surface area contributed by atoms with Crippen molar-refractivity contribution >= 4 is 34.1 Å². The van der Waals surface area contributed by atoms with Crippen LogP contribution < -0.4 is 0 Å². The topological polar surface area (TPSA) is 78.9 Å². The fraction of sp³-hybridized carbons (Fsp3) is 0.276. The molecule has 0 saturated carbocycles. The molecule has 0 aliphatic heterocycles. The van der Waals surface area contributed by atoms with Crippen LogP contribution in [0.4, 0.5) is 9.59 Å². The summed E-state index contributed by atoms with van der Waals surface area (Å²) in [4.78, 5) is 39.0. The lowest BCUT2D eigenvalue weighted by Crippen LogP contribution is -2.56. The van der Waals surface area contributed by atoms with Crippen molar-refractivity contribution in [2.24, 2.45) is 0 Å². The first kappa shape index (κ1) is 29.7. The van der Waals surface area contributed by atoms with E-state index in [1.54, 1.807) is 0 Å². The number of hydrogen-bond donors (Lipinski definition) is 0. The molecule has 0 bridgehead atoms. The van der Waals surface area contributed by atoms with Gasteiger partial charge >= 0.3 is 18.2 Å². The predicted molar refractivity (Wildman–Crippen MR) is 155 cm³/mol. The maximum absolute atomic E-state index is 13.3. The van der Waals surface area contributed by atoms with Crippen LogP contribution in [0.5, 0.6) is 0 Å². The van der Waals surface area contributed by atoms with Gasteiger partial charge < -0.3 is 23.0 Å². The van der Waals surface area contributed by atoms with Gasteiger partial charge in [0.2, 0.25) is 0 Å². The smallest absolute Gasteiger partial charge is 0.457 e. The van der Waals surface area contributed by atoms with E-state index in [4.69, 9.17) is 14.2 Å². The fourth-order valence-electron chi connectivity index (χ4n) is 3.40. The highest BCUT2D eigenvalue weighted by Gasteiger charge is 2.32. The molecule has 0 aliphatic carbocycles. The van der Waals surface area contributed by atoms with Crippen LogP contribution in [-0.4, -0.2) is 69.6 Å². The minimum Gasteiger partial charge on any atom is -0.457 e. The Morgan fingerprint density at radius 2 is 1.03 bits per heavy atom. The average molecular weight is 532 g/mol. The highest BCUT2D eigenvalue weighted by Crippen LogP contribution is 2.14. The molecule has 10 heteroatoms. The number of nitrogens with zero attached hydrogens (tertiary/aromatic N) is 2. The van der Waals surface area contributed by atoms with Crippen molar-refractivity contribution < 1.29 is 37.4 Å². The van der Waals surface area contributed by atoms with E-state index in [0.29, 0.717) is 19.5 Å². The van der Waals surface area contributed by atoms with Gasteiger partial charge in [-0.3, -0.25) is 0 Å². The van der Waals surface area contributed by atoms with E-state index in [2.05, 4.69) is 0 Å². The summed E-state index contributed by atoms with van der Waals surface area (Å²) in [6.45, 7) is 1.48. The van der Waals surface area contributed by atoms with E-state index in [9.17, 15) is 14.4 Å². The van der Waals surface area contributed by atoms with Crippen LogP contribution in [0, 0.1) is 0 Å². The lowest BCUT2D eigenvalue weighted by Gasteiger charge is -2.39. The first-order valence-electron chi connectivity index (χ1n) is 12.1. The summed E-state index contributed by atoms with van der Waals surface area (Å²) < 4.78 is 17.0. The molecule has 0 radical (unpaired) electrons. The zero-order chi connectivity index (χ0) is 28.1. The molecule has 3 aromatic carbocycles. The van der Waals surface area contributed by atoms with Gasteiger partial charge in [0.1, 0.15) is 26.4 Å². The molecule has 3 aromatic rings. The van der Waals surface area contributed by atoms with Gasteiger partial charge in [0.15, 0.2) is 16.0 Å². The Balaban J connectivity index is 1.59. The largest absolute Gasteiger partial charge is 0.469 e. The third kappa shape index (κ3) is 9.74. The normalized spacial score (nSPS) is 13.9. The zero-order valence-electron chi connectivity index (χ0n) is 21.0. The Bertz CT molecular complexity index is 1210. The SMILES string of the molecule is [BH3-][N+](C)(CCC[N+]([BH3-])(CC(=O)OCc1ccccc1)C(=O)OCc1ccccc1)C(=O)OCc1ccccc1. The molecule has 3 rings (SSSR count). The molecule has 0 heterocycles. The number of quaternary nitrogens is 2. The number of amides is 2. The molecule has 2 unspecified atom stereocenters. The van der Waals surface area contributed by atoms with Crippen LogP contribution in [0.2, 0.25) is 0 Å². The van der Waals surface area contributed by atoms with Gasteiger partial charge in [-0.1, -0.05) is 91.0 Å². The summed E-state index contributed by atoms with van der Waals surface area (Å²) in [7, 11) is 0.727. The van der Waals surface area contributed by atoms with Crippen molar-refractivity contribution in [3.8, 4) is 0 Å². The summed E-state index contributed by atoms with van der Waals surface area (Å²) in [6, 6.07) is 28.6. The second-order valence-corrected chi connectivity index (χ2v) is 8.42. The Labute approximate surface area is 232 Å². The first-order valence-corrected chi connectivity index (χ1v) is 12.1. The quantitative estimate of drug-likeness (QED) is 0.203. The third-order valence-electron chi connectivity index (χ3n) is 5.46. The van der Waals surface area contributed by atoms with Crippen LogP contribution in [0.15, 0.2) is 91.0 Å². The lowest BCUT2D eigenvalue weighted by atomic mass is 10.1. The van der Waals surface area contributed by atoms with Crippen molar-refractivity contribution in [1.82, 2.24) is 0 Å². The van der Waals surface area contributed by atoms with Gasteiger partial charge in [0.05, 0.1) is 13.1 Å². The van der Waals surface area contributed by atoms with Crippen LogP contribution in [-0.2, 0) is 38.8 Å². The van der Waals surface area contributed by atoms with Gasteiger partial charge in [-0.05, 0) is 16.7 Å².